The number of likely N-dealkylation sites (tertiary alicyclic amines) is 1. The first-order valence-corrected chi connectivity index (χ1v) is 7.23. The maximum Gasteiger partial charge on any atom is 0.417 e. The number of rotatable bonds is 4. The van der Waals surface area contributed by atoms with E-state index in [0.29, 0.717) is 0 Å². The summed E-state index contributed by atoms with van der Waals surface area (Å²) in [4.78, 5) is 25.0. The summed E-state index contributed by atoms with van der Waals surface area (Å²) >= 11 is 0. The highest BCUT2D eigenvalue weighted by Gasteiger charge is 2.61. The van der Waals surface area contributed by atoms with Crippen molar-refractivity contribution >= 4 is 12.0 Å². The maximum atomic E-state index is 13.3. The molecule has 7 heteroatoms. The molecule has 1 atom stereocenters. The molecule has 1 heterocycles. The minimum absolute atomic E-state index is 0.0315. The van der Waals surface area contributed by atoms with Crippen molar-refractivity contribution < 1.29 is 27.5 Å². The largest absolute Gasteiger partial charge is 0.443 e. The summed E-state index contributed by atoms with van der Waals surface area (Å²) in [5.74, 6) is -0.895. The first-order chi connectivity index (χ1) is 10.4. The number of alkyl halides is 3. The van der Waals surface area contributed by atoms with Crippen LogP contribution in [0, 0.1) is 5.41 Å². The number of ether oxygens (including phenoxy) is 1. The average Bonchev–Trinajstić information content (AvgIpc) is 2.62. The van der Waals surface area contributed by atoms with E-state index in [-0.39, 0.29) is 17.7 Å². The molecule has 0 bridgehead atoms. The lowest BCUT2D eigenvalue weighted by Crippen LogP contribution is -2.49. The second-order valence-corrected chi connectivity index (χ2v) is 6.68. The number of nitrogens with zero attached hydrogens (tertiary/aromatic N) is 1. The fraction of sp³-hybridized carbons (Fsp3) is 0.625. The van der Waals surface area contributed by atoms with Crippen LogP contribution in [-0.2, 0) is 9.53 Å². The van der Waals surface area contributed by atoms with Gasteiger partial charge in [0.15, 0.2) is 0 Å². The second kappa shape index (κ2) is 6.37. The predicted molar refractivity (Wildman–Crippen MR) is 79.6 cm³/mol. The molecule has 0 aromatic carbocycles. The Hall–Kier alpha value is -1.79. The Morgan fingerprint density at radius 2 is 1.78 bits per heavy atom. The van der Waals surface area contributed by atoms with Gasteiger partial charge in [0, 0.05) is 0 Å². The third-order valence-corrected chi connectivity index (χ3v) is 3.61. The number of amides is 2. The molecule has 4 nitrogen and oxygen atoms in total. The van der Waals surface area contributed by atoms with Gasteiger partial charge in [-0.3, -0.25) is 4.79 Å². The Labute approximate surface area is 134 Å². The van der Waals surface area contributed by atoms with Gasteiger partial charge in [-0.25, -0.2) is 9.69 Å². The van der Waals surface area contributed by atoms with Gasteiger partial charge in [0.05, 0.1) is 5.41 Å². The summed E-state index contributed by atoms with van der Waals surface area (Å²) in [6.07, 6.45) is -3.70. The van der Waals surface area contributed by atoms with Crippen molar-refractivity contribution in [3.8, 4) is 0 Å². The zero-order valence-corrected chi connectivity index (χ0v) is 13.6. The quantitative estimate of drug-likeness (QED) is 0.724. The third kappa shape index (κ3) is 4.14. The van der Waals surface area contributed by atoms with E-state index in [1.807, 2.05) is 0 Å². The molecular formula is C16H22F3NO3. The molecule has 2 amide bonds. The molecule has 0 N–H and O–H groups in total. The molecule has 130 valence electrons. The lowest BCUT2D eigenvalue weighted by molar-refractivity contribution is -0.177. The summed E-state index contributed by atoms with van der Waals surface area (Å²) in [5.41, 5.74) is -2.36. The summed E-state index contributed by atoms with van der Waals surface area (Å²) in [5, 5.41) is 0. The number of halogens is 3. The molecular weight excluding hydrogens is 311 g/mol. The Morgan fingerprint density at radius 1 is 1.30 bits per heavy atom. The molecule has 0 spiro atoms. The highest BCUT2D eigenvalue weighted by molar-refractivity contribution is 5.98. The summed E-state index contributed by atoms with van der Waals surface area (Å²) < 4.78 is 45.0. The van der Waals surface area contributed by atoms with E-state index in [0.717, 1.165) is 0 Å². The molecule has 0 aliphatic carbocycles. The van der Waals surface area contributed by atoms with E-state index < -0.39 is 41.7 Å². The average molecular weight is 333 g/mol. The smallest absolute Gasteiger partial charge is 0.417 e. The first-order valence-electron chi connectivity index (χ1n) is 7.23. The zero-order valence-electron chi connectivity index (χ0n) is 13.6. The molecule has 0 radical (unpaired) electrons. The van der Waals surface area contributed by atoms with Gasteiger partial charge in [0.25, 0.3) is 0 Å². The molecule has 1 fully saturated rings. The van der Waals surface area contributed by atoms with Crippen molar-refractivity contribution in [3.05, 3.63) is 25.3 Å². The standard InChI is InChI=1S/C16H22F3NO3/c1-6-8-15(9-7-2)10-11(16(17,18)19)20(12(15)21)13(22)23-14(3,4)5/h6-7,11H,1-2,8-10H2,3-5H3/t11-/m0/s1. The SMILES string of the molecule is C=CCC1(CC=C)C[C@@H](C(F)(F)F)N(C(=O)OC(C)(C)C)C1=O. The summed E-state index contributed by atoms with van der Waals surface area (Å²) in [6, 6.07) is -2.20. The topological polar surface area (TPSA) is 46.6 Å². The monoisotopic (exact) mass is 333 g/mol. The molecule has 0 unspecified atom stereocenters. The van der Waals surface area contributed by atoms with Crippen LogP contribution in [-0.4, -0.2) is 34.7 Å². The van der Waals surface area contributed by atoms with Crippen LogP contribution >= 0.6 is 0 Å². The van der Waals surface area contributed by atoms with Crippen LogP contribution in [0.3, 0.4) is 0 Å². The van der Waals surface area contributed by atoms with Gasteiger partial charge >= 0.3 is 12.3 Å². The van der Waals surface area contributed by atoms with Gasteiger partial charge in [0.1, 0.15) is 11.6 Å². The molecule has 0 saturated carbocycles. The third-order valence-electron chi connectivity index (χ3n) is 3.61. The van der Waals surface area contributed by atoms with Gasteiger partial charge in [0.2, 0.25) is 5.91 Å². The van der Waals surface area contributed by atoms with Crippen molar-refractivity contribution in [3.63, 3.8) is 0 Å². The van der Waals surface area contributed by atoms with E-state index in [1.54, 1.807) is 0 Å². The van der Waals surface area contributed by atoms with Gasteiger partial charge in [-0.1, -0.05) is 12.2 Å². The first kappa shape index (κ1) is 19.3. The van der Waals surface area contributed by atoms with Crippen LogP contribution in [0.15, 0.2) is 25.3 Å². The van der Waals surface area contributed by atoms with Crippen molar-refractivity contribution in [2.75, 3.05) is 0 Å². The number of carbonyl (C=O) groups excluding carboxylic acids is 2. The molecule has 23 heavy (non-hydrogen) atoms. The second-order valence-electron chi connectivity index (χ2n) is 6.68. The summed E-state index contributed by atoms with van der Waals surface area (Å²) in [6.45, 7) is 11.6. The van der Waals surface area contributed by atoms with E-state index in [9.17, 15) is 22.8 Å². The molecule has 0 aromatic rings. The van der Waals surface area contributed by atoms with E-state index >= 15 is 0 Å². The predicted octanol–water partition coefficient (Wildman–Crippen LogP) is 4.22. The minimum Gasteiger partial charge on any atom is -0.443 e. The fourth-order valence-corrected chi connectivity index (χ4v) is 2.71. The van der Waals surface area contributed by atoms with Crippen LogP contribution in [0.1, 0.15) is 40.0 Å². The van der Waals surface area contributed by atoms with Crippen molar-refractivity contribution in [2.45, 2.75) is 57.9 Å². The lowest BCUT2D eigenvalue weighted by Gasteiger charge is -2.28. The molecule has 1 rings (SSSR count). The van der Waals surface area contributed by atoms with Crippen molar-refractivity contribution in [1.82, 2.24) is 4.90 Å². The van der Waals surface area contributed by atoms with Crippen molar-refractivity contribution in [2.24, 2.45) is 5.41 Å². The van der Waals surface area contributed by atoms with Crippen LogP contribution in [0.2, 0.25) is 0 Å². The highest BCUT2D eigenvalue weighted by atomic mass is 19.4. The molecule has 1 aliphatic heterocycles. The minimum atomic E-state index is -4.73. The van der Waals surface area contributed by atoms with Gasteiger partial charge in [-0.15, -0.1) is 13.2 Å². The molecule has 1 saturated heterocycles. The molecule has 1 aliphatic rings. The number of carbonyl (C=O) groups is 2. The number of allylic oxidation sites excluding steroid dienone is 2. The van der Waals surface area contributed by atoms with Crippen LogP contribution < -0.4 is 0 Å². The Morgan fingerprint density at radius 3 is 2.13 bits per heavy atom. The van der Waals surface area contributed by atoms with Crippen LogP contribution in [0.5, 0.6) is 0 Å². The van der Waals surface area contributed by atoms with Gasteiger partial charge in [-0.05, 0) is 40.0 Å². The van der Waals surface area contributed by atoms with E-state index in [1.165, 1.54) is 32.9 Å². The van der Waals surface area contributed by atoms with E-state index in [4.69, 9.17) is 4.74 Å². The zero-order chi connectivity index (χ0) is 18.1. The molecule has 0 aromatic heterocycles. The van der Waals surface area contributed by atoms with E-state index in [2.05, 4.69) is 13.2 Å². The lowest BCUT2D eigenvalue weighted by atomic mass is 9.78. The number of imide groups is 1. The Kier molecular flexibility index (Phi) is 5.34. The maximum absolute atomic E-state index is 13.3. The number of hydrogen-bond acceptors (Lipinski definition) is 3. The number of hydrogen-bond donors (Lipinski definition) is 0. The Balaban J connectivity index is 3.28. The van der Waals surface area contributed by atoms with Crippen LogP contribution in [0.4, 0.5) is 18.0 Å². The highest BCUT2D eigenvalue weighted by Crippen LogP contribution is 2.47. The summed E-state index contributed by atoms with van der Waals surface area (Å²) in [7, 11) is 0. The Bertz CT molecular complexity index is 496. The fourth-order valence-electron chi connectivity index (χ4n) is 2.71. The van der Waals surface area contributed by atoms with Gasteiger partial charge in [-0.2, -0.15) is 13.2 Å². The normalized spacial score (nSPS) is 21.2. The van der Waals surface area contributed by atoms with Gasteiger partial charge < -0.3 is 4.74 Å². The van der Waals surface area contributed by atoms with Crippen LogP contribution in [0.25, 0.3) is 0 Å². The van der Waals surface area contributed by atoms with Crippen molar-refractivity contribution in [1.29, 1.82) is 0 Å².